The SMILES string of the molecule is CCOC(=O)C(C)=Cc1cc(Br)ccc1N1CC(C)C(C)C1. The Morgan fingerprint density at radius 2 is 2.00 bits per heavy atom. The highest BCUT2D eigenvalue weighted by Gasteiger charge is 2.27. The number of esters is 1. The van der Waals surface area contributed by atoms with Gasteiger partial charge in [0.05, 0.1) is 6.61 Å². The van der Waals surface area contributed by atoms with Crippen LogP contribution in [0, 0.1) is 11.8 Å². The average Bonchev–Trinajstić information content (AvgIpc) is 2.78. The van der Waals surface area contributed by atoms with Crippen molar-refractivity contribution in [1.29, 1.82) is 0 Å². The van der Waals surface area contributed by atoms with Gasteiger partial charge in [-0.15, -0.1) is 0 Å². The van der Waals surface area contributed by atoms with Crippen LogP contribution in [0.4, 0.5) is 5.69 Å². The summed E-state index contributed by atoms with van der Waals surface area (Å²) < 4.78 is 6.09. The van der Waals surface area contributed by atoms with Crippen LogP contribution in [-0.4, -0.2) is 25.7 Å². The van der Waals surface area contributed by atoms with Crippen LogP contribution in [0.1, 0.15) is 33.3 Å². The normalized spacial score (nSPS) is 22.0. The van der Waals surface area contributed by atoms with Gasteiger partial charge in [0, 0.05) is 28.8 Å². The number of carbonyl (C=O) groups is 1. The Hall–Kier alpha value is -1.29. The topological polar surface area (TPSA) is 29.5 Å². The first-order chi connectivity index (χ1) is 10.4. The lowest BCUT2D eigenvalue weighted by Gasteiger charge is -2.21. The molecule has 1 aliphatic heterocycles. The van der Waals surface area contributed by atoms with Gasteiger partial charge in [-0.25, -0.2) is 4.79 Å². The van der Waals surface area contributed by atoms with E-state index in [-0.39, 0.29) is 5.97 Å². The third-order valence-electron chi connectivity index (χ3n) is 4.29. The van der Waals surface area contributed by atoms with Crippen LogP contribution >= 0.6 is 15.9 Å². The molecule has 2 rings (SSSR count). The van der Waals surface area contributed by atoms with Gasteiger partial charge < -0.3 is 9.64 Å². The molecule has 0 radical (unpaired) electrons. The van der Waals surface area contributed by atoms with E-state index in [0.717, 1.165) is 23.1 Å². The van der Waals surface area contributed by atoms with E-state index >= 15 is 0 Å². The number of carbonyl (C=O) groups excluding carboxylic acids is 1. The largest absolute Gasteiger partial charge is 0.463 e. The van der Waals surface area contributed by atoms with E-state index in [1.54, 1.807) is 6.92 Å². The highest BCUT2D eigenvalue weighted by Crippen LogP contribution is 2.33. The fourth-order valence-electron chi connectivity index (χ4n) is 2.79. The molecule has 0 N–H and O–H groups in total. The smallest absolute Gasteiger partial charge is 0.333 e. The summed E-state index contributed by atoms with van der Waals surface area (Å²) in [5, 5.41) is 0. The van der Waals surface area contributed by atoms with Gasteiger partial charge in [-0.2, -0.15) is 0 Å². The molecule has 4 heteroatoms. The summed E-state index contributed by atoms with van der Waals surface area (Å²) in [6.45, 7) is 10.7. The maximum absolute atomic E-state index is 11.9. The molecule has 0 aromatic heterocycles. The second kappa shape index (κ2) is 7.32. The number of hydrogen-bond donors (Lipinski definition) is 0. The maximum atomic E-state index is 11.9. The number of ether oxygens (including phenoxy) is 1. The predicted octanol–water partition coefficient (Wildman–Crippen LogP) is 4.51. The molecule has 2 atom stereocenters. The van der Waals surface area contributed by atoms with Crippen molar-refractivity contribution >= 4 is 33.7 Å². The Bertz CT molecular complexity index is 572. The van der Waals surface area contributed by atoms with Crippen LogP contribution in [0.5, 0.6) is 0 Å². The van der Waals surface area contributed by atoms with E-state index in [9.17, 15) is 4.79 Å². The summed E-state index contributed by atoms with van der Waals surface area (Å²) in [5.74, 6) is 1.12. The molecule has 0 amide bonds. The molecule has 2 unspecified atom stereocenters. The van der Waals surface area contributed by atoms with E-state index in [1.807, 2.05) is 13.0 Å². The van der Waals surface area contributed by atoms with Gasteiger partial charge in [-0.05, 0) is 55.5 Å². The quantitative estimate of drug-likeness (QED) is 0.580. The van der Waals surface area contributed by atoms with E-state index in [2.05, 4.69) is 52.9 Å². The summed E-state index contributed by atoms with van der Waals surface area (Å²) in [5.41, 5.74) is 2.87. The Morgan fingerprint density at radius 1 is 1.36 bits per heavy atom. The van der Waals surface area contributed by atoms with Crippen molar-refractivity contribution in [2.24, 2.45) is 11.8 Å². The lowest BCUT2D eigenvalue weighted by molar-refractivity contribution is -0.138. The number of anilines is 1. The van der Waals surface area contributed by atoms with Gasteiger partial charge in [0.2, 0.25) is 0 Å². The maximum Gasteiger partial charge on any atom is 0.333 e. The summed E-state index contributed by atoms with van der Waals surface area (Å²) >= 11 is 3.52. The van der Waals surface area contributed by atoms with Crippen LogP contribution in [0.2, 0.25) is 0 Å². The molecule has 0 aliphatic carbocycles. The first-order valence-corrected chi connectivity index (χ1v) is 8.61. The molecule has 120 valence electrons. The Kier molecular flexibility index (Phi) is 5.68. The number of nitrogens with zero attached hydrogens (tertiary/aromatic N) is 1. The van der Waals surface area contributed by atoms with Crippen molar-refractivity contribution in [1.82, 2.24) is 0 Å². The number of rotatable bonds is 4. The minimum Gasteiger partial charge on any atom is -0.463 e. The molecular weight excluding hydrogens is 342 g/mol. The third kappa shape index (κ3) is 3.92. The van der Waals surface area contributed by atoms with Crippen LogP contribution in [0.25, 0.3) is 6.08 Å². The Morgan fingerprint density at radius 3 is 2.59 bits per heavy atom. The van der Waals surface area contributed by atoms with E-state index in [1.165, 1.54) is 5.69 Å². The molecular formula is C18H24BrNO2. The van der Waals surface area contributed by atoms with Crippen molar-refractivity contribution in [3.8, 4) is 0 Å². The Labute approximate surface area is 141 Å². The van der Waals surface area contributed by atoms with Crippen molar-refractivity contribution in [2.75, 3.05) is 24.6 Å². The molecule has 1 heterocycles. The number of hydrogen-bond acceptors (Lipinski definition) is 3. The number of benzene rings is 1. The minimum absolute atomic E-state index is 0.253. The summed E-state index contributed by atoms with van der Waals surface area (Å²) in [7, 11) is 0. The zero-order valence-corrected chi connectivity index (χ0v) is 15.3. The molecule has 1 fully saturated rings. The van der Waals surface area contributed by atoms with Gasteiger partial charge in [-0.3, -0.25) is 0 Å². The molecule has 22 heavy (non-hydrogen) atoms. The molecule has 0 spiro atoms. The van der Waals surface area contributed by atoms with E-state index in [4.69, 9.17) is 4.74 Å². The first-order valence-electron chi connectivity index (χ1n) is 7.82. The second-order valence-corrected chi connectivity index (χ2v) is 7.03. The van der Waals surface area contributed by atoms with Crippen molar-refractivity contribution < 1.29 is 9.53 Å². The zero-order valence-electron chi connectivity index (χ0n) is 13.7. The molecule has 0 bridgehead atoms. The van der Waals surface area contributed by atoms with Gasteiger partial charge in [0.15, 0.2) is 0 Å². The summed E-state index contributed by atoms with van der Waals surface area (Å²) in [6, 6.07) is 6.24. The van der Waals surface area contributed by atoms with Crippen LogP contribution in [-0.2, 0) is 9.53 Å². The standard InChI is InChI=1S/C18H24BrNO2/c1-5-22-18(21)12(2)8-15-9-16(19)6-7-17(15)20-10-13(3)14(4)11-20/h6-9,13-14H,5,10-11H2,1-4H3. The summed E-state index contributed by atoms with van der Waals surface area (Å²) in [4.78, 5) is 14.3. The molecule has 3 nitrogen and oxygen atoms in total. The molecule has 1 aromatic rings. The molecule has 0 saturated carbocycles. The summed E-state index contributed by atoms with van der Waals surface area (Å²) in [6.07, 6.45) is 1.92. The lowest BCUT2D eigenvalue weighted by Crippen LogP contribution is -2.20. The highest BCUT2D eigenvalue weighted by atomic mass is 79.9. The molecule has 1 aromatic carbocycles. The first kappa shape index (κ1) is 17.1. The third-order valence-corrected chi connectivity index (χ3v) is 4.78. The van der Waals surface area contributed by atoms with E-state index in [0.29, 0.717) is 24.0 Å². The fraction of sp³-hybridized carbons (Fsp3) is 0.500. The molecule has 1 saturated heterocycles. The van der Waals surface area contributed by atoms with E-state index < -0.39 is 0 Å². The average molecular weight is 366 g/mol. The highest BCUT2D eigenvalue weighted by molar-refractivity contribution is 9.10. The van der Waals surface area contributed by atoms with Crippen molar-refractivity contribution in [3.05, 3.63) is 33.8 Å². The van der Waals surface area contributed by atoms with Gasteiger partial charge in [-0.1, -0.05) is 29.8 Å². The lowest BCUT2D eigenvalue weighted by atomic mass is 10.0. The molecule has 1 aliphatic rings. The minimum atomic E-state index is -0.253. The zero-order chi connectivity index (χ0) is 16.3. The van der Waals surface area contributed by atoms with Crippen LogP contribution in [0.3, 0.4) is 0 Å². The van der Waals surface area contributed by atoms with Crippen molar-refractivity contribution in [3.63, 3.8) is 0 Å². The fourth-order valence-corrected chi connectivity index (χ4v) is 3.17. The second-order valence-electron chi connectivity index (χ2n) is 6.11. The predicted molar refractivity (Wildman–Crippen MR) is 95.0 cm³/mol. The number of halogens is 1. The Balaban J connectivity index is 2.33. The van der Waals surface area contributed by atoms with Gasteiger partial charge in [0.25, 0.3) is 0 Å². The van der Waals surface area contributed by atoms with Crippen LogP contribution < -0.4 is 4.90 Å². The van der Waals surface area contributed by atoms with Gasteiger partial charge in [0.1, 0.15) is 0 Å². The van der Waals surface area contributed by atoms with Gasteiger partial charge >= 0.3 is 5.97 Å². The van der Waals surface area contributed by atoms with Crippen molar-refractivity contribution in [2.45, 2.75) is 27.7 Å². The monoisotopic (exact) mass is 365 g/mol. The van der Waals surface area contributed by atoms with Crippen LogP contribution in [0.15, 0.2) is 28.2 Å².